The fourth-order valence-corrected chi connectivity index (χ4v) is 2.02. The summed E-state index contributed by atoms with van der Waals surface area (Å²) in [5.41, 5.74) is 6.83. The molecule has 1 rings (SSSR count). The largest absolute Gasteiger partial charge is 0.327 e. The monoisotopic (exact) mass is 259 g/mol. The molecule has 0 radical (unpaired) electrons. The van der Waals surface area contributed by atoms with Crippen molar-refractivity contribution in [1.29, 1.82) is 0 Å². The Morgan fingerprint density at radius 3 is 2.71 bits per heavy atom. The normalized spacial score (nSPS) is 12.9. The van der Waals surface area contributed by atoms with Gasteiger partial charge in [-0.25, -0.2) is 4.39 Å². The van der Waals surface area contributed by atoms with Gasteiger partial charge in [0.2, 0.25) is 0 Å². The minimum Gasteiger partial charge on any atom is -0.327 e. The van der Waals surface area contributed by atoms with Crippen LogP contribution in [0.15, 0.2) is 22.7 Å². The van der Waals surface area contributed by atoms with E-state index in [1.165, 1.54) is 6.07 Å². The van der Waals surface area contributed by atoms with E-state index in [1.807, 2.05) is 6.07 Å². The lowest BCUT2D eigenvalue weighted by Crippen LogP contribution is -2.22. The molecule has 0 amide bonds. The molecular formula is C11H15BrFN. The van der Waals surface area contributed by atoms with E-state index < -0.39 is 0 Å². The second kappa shape index (κ2) is 5.47. The van der Waals surface area contributed by atoms with Gasteiger partial charge in [-0.15, -0.1) is 0 Å². The Balaban J connectivity index is 2.66. The average molecular weight is 260 g/mol. The van der Waals surface area contributed by atoms with Crippen LogP contribution in [-0.4, -0.2) is 6.04 Å². The Morgan fingerprint density at radius 2 is 2.14 bits per heavy atom. The van der Waals surface area contributed by atoms with Crippen LogP contribution in [0, 0.1) is 5.82 Å². The summed E-state index contributed by atoms with van der Waals surface area (Å²) in [6, 6.07) is 5.04. The highest BCUT2D eigenvalue weighted by molar-refractivity contribution is 9.10. The molecule has 1 unspecified atom stereocenters. The summed E-state index contributed by atoms with van der Waals surface area (Å²) >= 11 is 3.26. The summed E-state index contributed by atoms with van der Waals surface area (Å²) < 4.78 is 13.8. The van der Waals surface area contributed by atoms with E-state index in [0.29, 0.717) is 0 Å². The minimum atomic E-state index is -0.210. The zero-order chi connectivity index (χ0) is 10.6. The van der Waals surface area contributed by atoms with Gasteiger partial charge in [0.25, 0.3) is 0 Å². The van der Waals surface area contributed by atoms with Crippen LogP contribution in [-0.2, 0) is 6.42 Å². The van der Waals surface area contributed by atoms with Crippen molar-refractivity contribution >= 4 is 15.9 Å². The molecule has 1 aromatic carbocycles. The SMILES string of the molecule is CCCC(N)Cc1cc(F)cc(Br)c1. The van der Waals surface area contributed by atoms with E-state index in [4.69, 9.17) is 5.73 Å². The highest BCUT2D eigenvalue weighted by Gasteiger charge is 2.05. The highest BCUT2D eigenvalue weighted by atomic mass is 79.9. The molecule has 0 saturated heterocycles. The molecule has 1 atom stereocenters. The van der Waals surface area contributed by atoms with Crippen LogP contribution in [0.25, 0.3) is 0 Å². The number of benzene rings is 1. The standard InChI is InChI=1S/C11H15BrFN/c1-2-3-11(14)6-8-4-9(12)7-10(13)5-8/h4-5,7,11H,2-3,6,14H2,1H3. The van der Waals surface area contributed by atoms with Crippen LogP contribution in [0.2, 0.25) is 0 Å². The molecule has 0 fully saturated rings. The lowest BCUT2D eigenvalue weighted by Gasteiger charge is -2.10. The van der Waals surface area contributed by atoms with Gasteiger partial charge in [-0.3, -0.25) is 0 Å². The van der Waals surface area contributed by atoms with Crippen molar-refractivity contribution in [3.05, 3.63) is 34.1 Å². The fourth-order valence-electron chi connectivity index (χ4n) is 1.50. The molecule has 0 aliphatic rings. The van der Waals surface area contributed by atoms with Crippen LogP contribution >= 0.6 is 15.9 Å². The van der Waals surface area contributed by atoms with Crippen LogP contribution in [0.3, 0.4) is 0 Å². The van der Waals surface area contributed by atoms with Crippen LogP contribution in [0.4, 0.5) is 4.39 Å². The predicted octanol–water partition coefficient (Wildman–Crippen LogP) is 3.26. The third kappa shape index (κ3) is 3.76. The molecular weight excluding hydrogens is 245 g/mol. The van der Waals surface area contributed by atoms with E-state index in [-0.39, 0.29) is 11.9 Å². The van der Waals surface area contributed by atoms with Gasteiger partial charge in [-0.2, -0.15) is 0 Å². The van der Waals surface area contributed by atoms with Gasteiger partial charge < -0.3 is 5.73 Å². The van der Waals surface area contributed by atoms with Crippen molar-refractivity contribution < 1.29 is 4.39 Å². The summed E-state index contributed by atoms with van der Waals surface area (Å²) in [7, 11) is 0. The highest BCUT2D eigenvalue weighted by Crippen LogP contribution is 2.16. The molecule has 0 bridgehead atoms. The van der Waals surface area contributed by atoms with Crippen LogP contribution in [0.5, 0.6) is 0 Å². The molecule has 14 heavy (non-hydrogen) atoms. The van der Waals surface area contributed by atoms with Crippen LogP contribution < -0.4 is 5.73 Å². The van der Waals surface area contributed by atoms with Gasteiger partial charge in [0.15, 0.2) is 0 Å². The maximum Gasteiger partial charge on any atom is 0.124 e. The lowest BCUT2D eigenvalue weighted by molar-refractivity contribution is 0.591. The van der Waals surface area contributed by atoms with Crippen molar-refractivity contribution in [2.75, 3.05) is 0 Å². The van der Waals surface area contributed by atoms with Crippen molar-refractivity contribution in [3.8, 4) is 0 Å². The molecule has 0 heterocycles. The minimum absolute atomic E-state index is 0.133. The molecule has 78 valence electrons. The van der Waals surface area contributed by atoms with Gasteiger partial charge in [0, 0.05) is 10.5 Å². The predicted molar refractivity (Wildman–Crippen MR) is 60.7 cm³/mol. The molecule has 1 aromatic rings. The summed E-state index contributed by atoms with van der Waals surface area (Å²) in [5, 5.41) is 0. The smallest absolute Gasteiger partial charge is 0.124 e. The molecule has 1 nitrogen and oxygen atoms in total. The number of rotatable bonds is 4. The van der Waals surface area contributed by atoms with E-state index >= 15 is 0 Å². The summed E-state index contributed by atoms with van der Waals surface area (Å²) in [4.78, 5) is 0. The topological polar surface area (TPSA) is 26.0 Å². The maximum atomic E-state index is 13.0. The fraction of sp³-hybridized carbons (Fsp3) is 0.455. The summed E-state index contributed by atoms with van der Waals surface area (Å²) in [6.45, 7) is 2.10. The average Bonchev–Trinajstić information content (AvgIpc) is 2.01. The summed E-state index contributed by atoms with van der Waals surface area (Å²) in [6.07, 6.45) is 2.79. The second-order valence-corrected chi connectivity index (χ2v) is 4.45. The Hall–Kier alpha value is -0.410. The second-order valence-electron chi connectivity index (χ2n) is 3.53. The third-order valence-electron chi connectivity index (χ3n) is 2.08. The molecule has 0 spiro atoms. The molecule has 0 saturated carbocycles. The van der Waals surface area contributed by atoms with Gasteiger partial charge in [0.1, 0.15) is 5.82 Å². The van der Waals surface area contributed by atoms with Crippen molar-refractivity contribution in [3.63, 3.8) is 0 Å². The first-order valence-corrected chi connectivity index (χ1v) is 5.61. The van der Waals surface area contributed by atoms with Gasteiger partial charge >= 0.3 is 0 Å². The Bertz CT molecular complexity index is 281. The quantitative estimate of drug-likeness (QED) is 0.883. The Morgan fingerprint density at radius 1 is 1.43 bits per heavy atom. The molecule has 2 N–H and O–H groups in total. The number of hydrogen-bond donors (Lipinski definition) is 1. The first-order chi connectivity index (χ1) is 6.61. The first-order valence-electron chi connectivity index (χ1n) is 4.82. The number of nitrogens with two attached hydrogens (primary N) is 1. The number of halogens is 2. The van der Waals surface area contributed by atoms with E-state index in [9.17, 15) is 4.39 Å². The Labute approximate surface area is 92.6 Å². The lowest BCUT2D eigenvalue weighted by atomic mass is 10.0. The zero-order valence-corrected chi connectivity index (χ0v) is 9.85. The van der Waals surface area contributed by atoms with Crippen LogP contribution in [0.1, 0.15) is 25.3 Å². The van der Waals surface area contributed by atoms with Gasteiger partial charge in [-0.1, -0.05) is 29.3 Å². The molecule has 3 heteroatoms. The zero-order valence-electron chi connectivity index (χ0n) is 8.26. The third-order valence-corrected chi connectivity index (χ3v) is 2.54. The Kier molecular flexibility index (Phi) is 4.55. The van der Waals surface area contributed by atoms with Gasteiger partial charge in [-0.05, 0) is 36.6 Å². The molecule has 0 aromatic heterocycles. The molecule has 0 aliphatic carbocycles. The van der Waals surface area contributed by atoms with E-state index in [2.05, 4.69) is 22.9 Å². The maximum absolute atomic E-state index is 13.0. The van der Waals surface area contributed by atoms with Crippen molar-refractivity contribution in [1.82, 2.24) is 0 Å². The van der Waals surface area contributed by atoms with Crippen molar-refractivity contribution in [2.45, 2.75) is 32.2 Å². The molecule has 0 aliphatic heterocycles. The number of hydrogen-bond acceptors (Lipinski definition) is 1. The van der Waals surface area contributed by atoms with Crippen molar-refractivity contribution in [2.24, 2.45) is 5.73 Å². The first kappa shape index (κ1) is 11.7. The van der Waals surface area contributed by atoms with E-state index in [1.54, 1.807) is 6.07 Å². The summed E-state index contributed by atoms with van der Waals surface area (Å²) in [5.74, 6) is -0.210. The van der Waals surface area contributed by atoms with Gasteiger partial charge in [0.05, 0.1) is 0 Å². The van der Waals surface area contributed by atoms with E-state index in [0.717, 1.165) is 29.3 Å².